The van der Waals surface area contributed by atoms with Crippen molar-refractivity contribution in [2.75, 3.05) is 6.54 Å². The molecule has 1 aromatic heterocycles. The lowest BCUT2D eigenvalue weighted by atomic mass is 10.1. The minimum Gasteiger partial charge on any atom is -0.350 e. The largest absolute Gasteiger partial charge is 0.350 e. The average Bonchev–Trinajstić information content (AvgIpc) is 3.22. The molecule has 1 aliphatic rings. The van der Waals surface area contributed by atoms with Crippen LogP contribution in [0.4, 0.5) is 4.39 Å². The van der Waals surface area contributed by atoms with Gasteiger partial charge in [0.2, 0.25) is 5.91 Å². The molecule has 6 nitrogen and oxygen atoms in total. The highest BCUT2D eigenvalue weighted by molar-refractivity contribution is 6.00. The zero-order valence-electron chi connectivity index (χ0n) is 15.7. The third kappa shape index (κ3) is 3.89. The Balaban J connectivity index is 1.54. The lowest BCUT2D eigenvalue weighted by Crippen LogP contribution is -2.46. The van der Waals surface area contributed by atoms with E-state index in [4.69, 9.17) is 0 Å². The van der Waals surface area contributed by atoms with Crippen LogP contribution in [-0.2, 0) is 11.3 Å². The highest BCUT2D eigenvalue weighted by Crippen LogP contribution is 2.21. The first-order valence-electron chi connectivity index (χ1n) is 9.48. The molecule has 0 radical (unpaired) electrons. The maximum Gasteiger partial charge on any atom is 0.261 e. The van der Waals surface area contributed by atoms with E-state index < -0.39 is 23.3 Å². The number of amides is 2. The molecule has 1 aliphatic heterocycles. The molecule has 2 amide bonds. The van der Waals surface area contributed by atoms with E-state index in [1.807, 2.05) is 30.3 Å². The number of benzene rings is 2. The molecule has 0 aliphatic carbocycles. The number of likely N-dealkylation sites (tertiary alicyclic amines) is 1. The molecular formula is C22H20FN3O3. The summed E-state index contributed by atoms with van der Waals surface area (Å²) < 4.78 is 13.4. The van der Waals surface area contributed by atoms with Crippen LogP contribution in [0.2, 0.25) is 0 Å². The molecule has 3 aromatic rings. The number of hydrogen-bond acceptors (Lipinski definition) is 3. The number of halogens is 1. The Bertz CT molecular complexity index is 1130. The number of nitrogens with zero attached hydrogens (tertiary/aromatic N) is 1. The number of fused-ring (bicyclic) bond motifs is 1. The number of pyridine rings is 1. The number of rotatable bonds is 4. The number of aromatic nitrogens is 1. The van der Waals surface area contributed by atoms with Gasteiger partial charge < -0.3 is 15.2 Å². The van der Waals surface area contributed by atoms with E-state index in [0.717, 1.165) is 5.56 Å². The Kier molecular flexibility index (Phi) is 5.12. The summed E-state index contributed by atoms with van der Waals surface area (Å²) in [6.45, 7) is 0.781. The summed E-state index contributed by atoms with van der Waals surface area (Å²) in [7, 11) is 0. The second-order valence-corrected chi connectivity index (χ2v) is 7.10. The molecular weight excluding hydrogens is 373 g/mol. The molecule has 0 bridgehead atoms. The summed E-state index contributed by atoms with van der Waals surface area (Å²) in [5.74, 6) is -1.20. The zero-order chi connectivity index (χ0) is 20.4. The number of nitrogens with one attached hydrogen (secondary N) is 2. The lowest BCUT2D eigenvalue weighted by molar-refractivity contribution is -0.125. The van der Waals surface area contributed by atoms with E-state index in [2.05, 4.69) is 10.3 Å². The second kappa shape index (κ2) is 7.87. The minimum atomic E-state index is -0.616. The van der Waals surface area contributed by atoms with Crippen molar-refractivity contribution in [2.24, 2.45) is 0 Å². The van der Waals surface area contributed by atoms with Crippen LogP contribution in [-0.4, -0.2) is 34.3 Å². The molecule has 2 heterocycles. The fraction of sp³-hybridized carbons (Fsp3) is 0.227. The molecule has 1 fully saturated rings. The first kappa shape index (κ1) is 18.9. The first-order chi connectivity index (χ1) is 14.0. The van der Waals surface area contributed by atoms with Crippen molar-refractivity contribution in [1.82, 2.24) is 15.2 Å². The fourth-order valence-corrected chi connectivity index (χ4v) is 3.67. The van der Waals surface area contributed by atoms with E-state index >= 15 is 0 Å². The molecule has 4 rings (SSSR count). The van der Waals surface area contributed by atoms with Crippen LogP contribution in [0.1, 0.15) is 28.8 Å². The summed E-state index contributed by atoms with van der Waals surface area (Å²) in [6.07, 6.45) is 1.23. The third-order valence-corrected chi connectivity index (χ3v) is 5.16. The van der Waals surface area contributed by atoms with Crippen molar-refractivity contribution in [1.29, 1.82) is 0 Å². The predicted octanol–water partition coefficient (Wildman–Crippen LogP) is 2.59. The molecule has 29 heavy (non-hydrogen) atoms. The van der Waals surface area contributed by atoms with Gasteiger partial charge in [-0.15, -0.1) is 0 Å². The van der Waals surface area contributed by atoms with E-state index in [9.17, 15) is 18.8 Å². The average molecular weight is 393 g/mol. The molecule has 148 valence electrons. The number of H-pyrrole nitrogens is 1. The van der Waals surface area contributed by atoms with Gasteiger partial charge in [0.05, 0.1) is 5.52 Å². The number of aromatic amines is 1. The SMILES string of the molecule is O=C(NCc1ccccc1)C1CCCN1C(=O)c1cc2ccc(F)cc2[nH]c1=O. The van der Waals surface area contributed by atoms with Gasteiger partial charge in [0, 0.05) is 13.1 Å². The fourth-order valence-electron chi connectivity index (χ4n) is 3.67. The van der Waals surface area contributed by atoms with Gasteiger partial charge in [-0.25, -0.2) is 4.39 Å². The Hall–Kier alpha value is -3.48. The van der Waals surface area contributed by atoms with E-state index in [1.54, 1.807) is 0 Å². The highest BCUT2D eigenvalue weighted by atomic mass is 19.1. The third-order valence-electron chi connectivity index (χ3n) is 5.16. The number of carbonyl (C=O) groups excluding carboxylic acids is 2. The van der Waals surface area contributed by atoms with Gasteiger partial charge in [0.1, 0.15) is 17.4 Å². The summed E-state index contributed by atoms with van der Waals surface area (Å²) in [5.41, 5.74) is 0.648. The summed E-state index contributed by atoms with van der Waals surface area (Å²) in [6, 6.07) is 14.3. The standard InChI is InChI=1S/C22H20FN3O3/c23-16-9-8-15-11-17(20(27)25-18(15)12-16)22(29)26-10-4-7-19(26)21(28)24-13-14-5-2-1-3-6-14/h1-3,5-6,8-9,11-12,19H,4,7,10,13H2,(H,24,28)(H,25,27). The summed E-state index contributed by atoms with van der Waals surface area (Å²) in [5, 5.41) is 3.42. The number of hydrogen-bond donors (Lipinski definition) is 2. The molecule has 0 spiro atoms. The molecule has 1 atom stereocenters. The minimum absolute atomic E-state index is 0.0492. The van der Waals surface area contributed by atoms with E-state index in [1.165, 1.54) is 29.2 Å². The van der Waals surface area contributed by atoms with Gasteiger partial charge in [-0.05, 0) is 48.1 Å². The van der Waals surface area contributed by atoms with Crippen molar-refractivity contribution in [3.8, 4) is 0 Å². The van der Waals surface area contributed by atoms with Gasteiger partial charge in [0.25, 0.3) is 11.5 Å². The van der Waals surface area contributed by atoms with Crippen molar-refractivity contribution in [2.45, 2.75) is 25.4 Å². The molecule has 2 aromatic carbocycles. The van der Waals surface area contributed by atoms with Crippen LogP contribution in [0.3, 0.4) is 0 Å². The Labute approximate surface area is 166 Å². The van der Waals surface area contributed by atoms with Gasteiger partial charge >= 0.3 is 0 Å². The quantitative estimate of drug-likeness (QED) is 0.715. The monoisotopic (exact) mass is 393 g/mol. The van der Waals surface area contributed by atoms with Gasteiger partial charge in [-0.3, -0.25) is 14.4 Å². The molecule has 0 saturated carbocycles. The van der Waals surface area contributed by atoms with Gasteiger partial charge in [0.15, 0.2) is 0 Å². The Morgan fingerprint density at radius 1 is 1.14 bits per heavy atom. The van der Waals surface area contributed by atoms with Crippen LogP contribution in [0.15, 0.2) is 59.4 Å². The molecule has 2 N–H and O–H groups in total. The van der Waals surface area contributed by atoms with Crippen molar-refractivity contribution in [3.05, 3.63) is 81.9 Å². The zero-order valence-corrected chi connectivity index (χ0v) is 15.7. The number of carbonyl (C=O) groups is 2. The normalized spacial score (nSPS) is 16.2. The molecule has 7 heteroatoms. The van der Waals surface area contributed by atoms with Crippen molar-refractivity contribution >= 4 is 22.7 Å². The van der Waals surface area contributed by atoms with Crippen molar-refractivity contribution in [3.63, 3.8) is 0 Å². The topological polar surface area (TPSA) is 82.3 Å². The smallest absolute Gasteiger partial charge is 0.261 e. The lowest BCUT2D eigenvalue weighted by Gasteiger charge is -2.24. The van der Waals surface area contributed by atoms with E-state index in [0.29, 0.717) is 36.8 Å². The highest BCUT2D eigenvalue weighted by Gasteiger charge is 2.35. The van der Waals surface area contributed by atoms with Crippen LogP contribution in [0.5, 0.6) is 0 Å². The van der Waals surface area contributed by atoms with Gasteiger partial charge in [-0.2, -0.15) is 0 Å². The predicted molar refractivity (Wildman–Crippen MR) is 107 cm³/mol. The van der Waals surface area contributed by atoms with E-state index in [-0.39, 0.29) is 11.5 Å². The summed E-state index contributed by atoms with van der Waals surface area (Å²) >= 11 is 0. The van der Waals surface area contributed by atoms with Crippen LogP contribution >= 0.6 is 0 Å². The maximum absolute atomic E-state index is 13.4. The van der Waals surface area contributed by atoms with Crippen LogP contribution < -0.4 is 10.9 Å². The maximum atomic E-state index is 13.4. The van der Waals surface area contributed by atoms with Gasteiger partial charge in [-0.1, -0.05) is 30.3 Å². The van der Waals surface area contributed by atoms with Crippen molar-refractivity contribution < 1.29 is 14.0 Å². The molecule has 1 saturated heterocycles. The summed E-state index contributed by atoms with van der Waals surface area (Å²) in [4.78, 5) is 42.1. The molecule has 1 unspecified atom stereocenters. The second-order valence-electron chi connectivity index (χ2n) is 7.10. The Morgan fingerprint density at radius 2 is 1.93 bits per heavy atom. The van der Waals surface area contributed by atoms with Crippen LogP contribution in [0, 0.1) is 5.82 Å². The first-order valence-corrected chi connectivity index (χ1v) is 9.48. The van der Waals surface area contributed by atoms with Crippen LogP contribution in [0.25, 0.3) is 10.9 Å². The Morgan fingerprint density at radius 3 is 2.72 bits per heavy atom.